The van der Waals surface area contributed by atoms with E-state index in [1.54, 1.807) is 6.33 Å². The highest BCUT2D eigenvalue weighted by Gasteiger charge is 2.33. The maximum absolute atomic E-state index is 6.12. The van der Waals surface area contributed by atoms with Crippen LogP contribution in [0, 0.1) is 5.92 Å². The summed E-state index contributed by atoms with van der Waals surface area (Å²) >= 11 is 0. The van der Waals surface area contributed by atoms with Crippen LogP contribution in [0.3, 0.4) is 0 Å². The van der Waals surface area contributed by atoms with Crippen molar-refractivity contribution in [1.82, 2.24) is 19.5 Å². The lowest BCUT2D eigenvalue weighted by Crippen LogP contribution is -2.12. The second kappa shape index (κ2) is 5.60. The van der Waals surface area contributed by atoms with Crippen molar-refractivity contribution in [3.63, 3.8) is 0 Å². The molecular weight excluding hydrogens is 268 g/mol. The third kappa shape index (κ3) is 2.60. The largest absolute Gasteiger partial charge is 0.473 e. The van der Waals surface area contributed by atoms with Crippen LogP contribution in [0.2, 0.25) is 0 Å². The zero-order chi connectivity index (χ0) is 15.0. The first-order chi connectivity index (χ1) is 10.1. The van der Waals surface area contributed by atoms with Crippen molar-refractivity contribution in [2.75, 3.05) is 0 Å². The summed E-state index contributed by atoms with van der Waals surface area (Å²) in [6.07, 6.45) is 5.67. The van der Waals surface area contributed by atoms with Gasteiger partial charge in [0.1, 0.15) is 12.6 Å². The summed E-state index contributed by atoms with van der Waals surface area (Å²) in [6, 6.07) is 0. The van der Waals surface area contributed by atoms with Crippen LogP contribution in [-0.4, -0.2) is 31.7 Å². The van der Waals surface area contributed by atoms with Crippen LogP contribution in [0.25, 0.3) is 11.2 Å². The highest BCUT2D eigenvalue weighted by atomic mass is 16.5. The second-order valence-electron chi connectivity index (χ2n) is 5.92. The highest BCUT2D eigenvalue weighted by Crippen LogP contribution is 2.36. The van der Waals surface area contributed by atoms with E-state index >= 15 is 0 Å². The Labute approximate surface area is 124 Å². The van der Waals surface area contributed by atoms with Crippen molar-refractivity contribution in [2.24, 2.45) is 5.92 Å². The predicted molar refractivity (Wildman–Crippen MR) is 79.1 cm³/mol. The molecule has 1 saturated heterocycles. The smallest absolute Gasteiger partial charge is 0.245 e. The number of aromatic nitrogens is 4. The Bertz CT molecular complexity index is 625. The van der Waals surface area contributed by atoms with Crippen molar-refractivity contribution in [3.05, 3.63) is 12.7 Å². The Balaban J connectivity index is 1.94. The quantitative estimate of drug-likeness (QED) is 0.866. The number of fused-ring (bicyclic) bond motifs is 1. The number of rotatable bonds is 4. The maximum Gasteiger partial charge on any atom is 0.245 e. The van der Waals surface area contributed by atoms with Crippen LogP contribution in [0.5, 0.6) is 5.88 Å². The second-order valence-corrected chi connectivity index (χ2v) is 5.92. The molecule has 6 nitrogen and oxygen atoms in total. The summed E-state index contributed by atoms with van der Waals surface area (Å²) < 4.78 is 13.8. The fourth-order valence-electron chi connectivity index (χ4n) is 2.89. The summed E-state index contributed by atoms with van der Waals surface area (Å²) in [5.74, 6) is 1.08. The molecule has 114 valence electrons. The van der Waals surface area contributed by atoms with Gasteiger partial charge in [-0.2, -0.15) is 4.98 Å². The van der Waals surface area contributed by atoms with Gasteiger partial charge in [-0.3, -0.25) is 4.57 Å². The molecule has 0 aromatic carbocycles. The lowest BCUT2D eigenvalue weighted by molar-refractivity contribution is -0.00304. The van der Waals surface area contributed by atoms with Crippen molar-refractivity contribution < 1.29 is 9.47 Å². The Morgan fingerprint density at radius 1 is 1.38 bits per heavy atom. The van der Waals surface area contributed by atoms with Crippen molar-refractivity contribution in [2.45, 2.75) is 59.0 Å². The molecule has 0 aliphatic carbocycles. The fourth-order valence-corrected chi connectivity index (χ4v) is 2.89. The summed E-state index contributed by atoms with van der Waals surface area (Å²) in [5, 5.41) is 0. The molecule has 3 rings (SSSR count). The van der Waals surface area contributed by atoms with Gasteiger partial charge >= 0.3 is 0 Å². The standard InChI is InChI=1S/C15H22N4O2/c1-5-11-10(4)6-12(21-11)19-8-18-13-14(19)16-7-17-15(13)20-9(2)3/h7-12H,5-6H2,1-4H3/t10-,11-,12-/m1/s1. The molecule has 1 aliphatic heterocycles. The first kappa shape index (κ1) is 14.3. The molecule has 0 spiro atoms. The minimum atomic E-state index is -0.00301. The van der Waals surface area contributed by atoms with Crippen LogP contribution in [0.1, 0.15) is 46.8 Å². The van der Waals surface area contributed by atoms with Gasteiger partial charge in [-0.25, -0.2) is 9.97 Å². The van der Waals surface area contributed by atoms with Gasteiger partial charge in [-0.05, 0) is 32.6 Å². The topological polar surface area (TPSA) is 62.1 Å². The zero-order valence-corrected chi connectivity index (χ0v) is 13.0. The molecule has 3 atom stereocenters. The predicted octanol–water partition coefficient (Wildman–Crippen LogP) is 2.95. The molecule has 0 bridgehead atoms. The van der Waals surface area contributed by atoms with Crippen molar-refractivity contribution in [3.8, 4) is 5.88 Å². The molecule has 2 aromatic heterocycles. The molecule has 0 saturated carbocycles. The normalized spacial score (nSPS) is 25.9. The molecule has 21 heavy (non-hydrogen) atoms. The Morgan fingerprint density at radius 2 is 2.19 bits per heavy atom. The van der Waals surface area contributed by atoms with Gasteiger partial charge in [0.15, 0.2) is 11.2 Å². The van der Waals surface area contributed by atoms with E-state index in [0.717, 1.165) is 18.5 Å². The molecule has 0 amide bonds. The Hall–Kier alpha value is -1.69. The van der Waals surface area contributed by atoms with Crippen LogP contribution >= 0.6 is 0 Å². The van der Waals surface area contributed by atoms with Gasteiger partial charge in [0.05, 0.1) is 18.5 Å². The van der Waals surface area contributed by atoms with Crippen molar-refractivity contribution >= 4 is 11.2 Å². The summed E-state index contributed by atoms with van der Waals surface area (Å²) in [4.78, 5) is 13.0. The number of ether oxygens (including phenoxy) is 2. The lowest BCUT2D eigenvalue weighted by Gasteiger charge is -2.14. The van der Waals surface area contributed by atoms with E-state index in [-0.39, 0.29) is 12.3 Å². The van der Waals surface area contributed by atoms with E-state index in [0.29, 0.717) is 23.4 Å². The first-order valence-electron chi connectivity index (χ1n) is 7.59. The monoisotopic (exact) mass is 290 g/mol. The average Bonchev–Trinajstić information content (AvgIpc) is 3.02. The van der Waals surface area contributed by atoms with Gasteiger partial charge in [-0.15, -0.1) is 0 Å². The van der Waals surface area contributed by atoms with E-state index in [9.17, 15) is 0 Å². The van der Waals surface area contributed by atoms with Gasteiger partial charge in [-0.1, -0.05) is 13.8 Å². The van der Waals surface area contributed by atoms with Gasteiger partial charge in [0, 0.05) is 0 Å². The zero-order valence-electron chi connectivity index (χ0n) is 13.0. The molecule has 0 N–H and O–H groups in total. The van der Waals surface area contributed by atoms with Crippen LogP contribution in [0.4, 0.5) is 0 Å². The van der Waals surface area contributed by atoms with E-state index < -0.39 is 0 Å². The van der Waals surface area contributed by atoms with E-state index in [1.165, 1.54) is 6.33 Å². The van der Waals surface area contributed by atoms with Gasteiger partial charge < -0.3 is 9.47 Å². The first-order valence-corrected chi connectivity index (χ1v) is 7.59. The molecular formula is C15H22N4O2. The van der Waals surface area contributed by atoms with Crippen LogP contribution in [-0.2, 0) is 4.74 Å². The van der Waals surface area contributed by atoms with Crippen LogP contribution < -0.4 is 4.74 Å². The third-order valence-corrected chi connectivity index (χ3v) is 3.93. The molecule has 6 heteroatoms. The van der Waals surface area contributed by atoms with Crippen LogP contribution in [0.15, 0.2) is 12.7 Å². The minimum absolute atomic E-state index is 0.00301. The number of hydrogen-bond donors (Lipinski definition) is 0. The molecule has 1 aliphatic rings. The van der Waals surface area contributed by atoms with Crippen molar-refractivity contribution in [1.29, 1.82) is 0 Å². The fraction of sp³-hybridized carbons (Fsp3) is 0.667. The lowest BCUT2D eigenvalue weighted by atomic mass is 10.0. The number of imidazole rings is 1. The number of nitrogens with zero attached hydrogens (tertiary/aromatic N) is 4. The number of hydrogen-bond acceptors (Lipinski definition) is 5. The van der Waals surface area contributed by atoms with E-state index in [2.05, 4.69) is 28.8 Å². The molecule has 2 aromatic rings. The van der Waals surface area contributed by atoms with E-state index in [4.69, 9.17) is 9.47 Å². The summed E-state index contributed by atoms with van der Waals surface area (Å²) in [6.45, 7) is 8.33. The van der Waals surface area contributed by atoms with Gasteiger partial charge in [0.2, 0.25) is 5.88 Å². The molecule has 0 unspecified atom stereocenters. The van der Waals surface area contributed by atoms with Gasteiger partial charge in [0.25, 0.3) is 0 Å². The summed E-state index contributed by atoms with van der Waals surface area (Å²) in [5.41, 5.74) is 1.47. The average molecular weight is 290 g/mol. The Morgan fingerprint density at radius 3 is 2.86 bits per heavy atom. The molecule has 1 fully saturated rings. The third-order valence-electron chi connectivity index (χ3n) is 3.93. The molecule has 0 radical (unpaired) electrons. The SMILES string of the molecule is CC[C@H]1O[C@@H](n2cnc3c(OC(C)C)ncnc32)C[C@H]1C. The maximum atomic E-state index is 6.12. The minimum Gasteiger partial charge on any atom is -0.473 e. The Kier molecular flexibility index (Phi) is 3.80. The molecule has 3 heterocycles. The van der Waals surface area contributed by atoms with E-state index in [1.807, 2.05) is 18.4 Å². The summed E-state index contributed by atoms with van der Waals surface area (Å²) in [7, 11) is 0. The highest BCUT2D eigenvalue weighted by molar-refractivity contribution is 5.76.